The molecule has 3 rings (SSSR count). The van der Waals surface area contributed by atoms with Crippen molar-refractivity contribution < 1.29 is 5.11 Å². The van der Waals surface area contributed by atoms with Crippen LogP contribution in [0, 0.1) is 0 Å². The summed E-state index contributed by atoms with van der Waals surface area (Å²) in [5, 5.41) is 13.3. The van der Waals surface area contributed by atoms with E-state index in [1.54, 1.807) is 17.5 Å². The van der Waals surface area contributed by atoms with E-state index < -0.39 is 0 Å². The second kappa shape index (κ2) is 5.08. The molecule has 0 saturated heterocycles. The molecule has 0 aromatic carbocycles. The minimum Gasteiger partial charge on any atom is -0.392 e. The summed E-state index contributed by atoms with van der Waals surface area (Å²) in [5.41, 5.74) is 2.21. The number of aliphatic hydroxyl groups is 1. The van der Waals surface area contributed by atoms with E-state index in [0.717, 1.165) is 17.9 Å². The van der Waals surface area contributed by atoms with Crippen molar-refractivity contribution in [2.24, 2.45) is 0 Å². The van der Waals surface area contributed by atoms with Gasteiger partial charge in [-0.25, -0.2) is 4.98 Å². The highest BCUT2D eigenvalue weighted by Gasteiger charge is 2.30. The van der Waals surface area contributed by atoms with Crippen molar-refractivity contribution >= 4 is 17.2 Å². The Kier molecular flexibility index (Phi) is 3.30. The molecule has 2 aromatic rings. The van der Waals surface area contributed by atoms with E-state index in [1.165, 1.54) is 18.4 Å². The van der Waals surface area contributed by atoms with Crippen LogP contribution in [0.15, 0.2) is 35.2 Å². The molecule has 0 unspecified atom stereocenters. The average molecular weight is 260 g/mol. The van der Waals surface area contributed by atoms with E-state index in [4.69, 9.17) is 5.11 Å². The lowest BCUT2D eigenvalue weighted by Gasteiger charge is -2.23. The summed E-state index contributed by atoms with van der Waals surface area (Å²) in [6.45, 7) is 0.987. The molecule has 0 atom stereocenters. The first-order valence-electron chi connectivity index (χ1n) is 6.20. The number of hydrogen-bond acceptors (Lipinski definition) is 4. The van der Waals surface area contributed by atoms with E-state index in [0.29, 0.717) is 6.04 Å². The molecular formula is C14H16N2OS. The predicted octanol–water partition coefficient (Wildman–Crippen LogP) is 2.80. The van der Waals surface area contributed by atoms with Crippen molar-refractivity contribution in [2.75, 3.05) is 4.90 Å². The standard InChI is InChI=1S/C14H16N2OS/c17-9-11-1-4-14(15-7-11)16(13-2-3-13)8-12-5-6-18-10-12/h1,4-7,10,13,17H,2-3,8-9H2. The summed E-state index contributed by atoms with van der Waals surface area (Å²) in [5.74, 6) is 1.01. The maximum atomic E-state index is 9.04. The van der Waals surface area contributed by atoms with Crippen LogP contribution in [0.25, 0.3) is 0 Å². The summed E-state index contributed by atoms with van der Waals surface area (Å²) < 4.78 is 0. The number of thiophene rings is 1. The van der Waals surface area contributed by atoms with Gasteiger partial charge in [0.15, 0.2) is 0 Å². The van der Waals surface area contributed by atoms with Gasteiger partial charge >= 0.3 is 0 Å². The fourth-order valence-electron chi connectivity index (χ4n) is 2.04. The lowest BCUT2D eigenvalue weighted by Crippen LogP contribution is -2.25. The fourth-order valence-corrected chi connectivity index (χ4v) is 2.70. The van der Waals surface area contributed by atoms with Crippen LogP contribution in [0.5, 0.6) is 0 Å². The number of anilines is 1. The van der Waals surface area contributed by atoms with Gasteiger partial charge in [0.2, 0.25) is 0 Å². The van der Waals surface area contributed by atoms with Crippen LogP contribution < -0.4 is 4.90 Å². The molecule has 0 amide bonds. The van der Waals surface area contributed by atoms with Gasteiger partial charge < -0.3 is 10.0 Å². The zero-order chi connectivity index (χ0) is 12.4. The van der Waals surface area contributed by atoms with Gasteiger partial charge in [-0.3, -0.25) is 0 Å². The number of rotatable bonds is 5. The molecule has 1 aliphatic rings. The maximum absolute atomic E-state index is 9.04. The number of pyridine rings is 1. The summed E-state index contributed by atoms with van der Waals surface area (Å²) in [6.07, 6.45) is 4.28. The third kappa shape index (κ3) is 2.54. The summed E-state index contributed by atoms with van der Waals surface area (Å²) in [6, 6.07) is 6.77. The van der Waals surface area contributed by atoms with Crippen molar-refractivity contribution in [1.82, 2.24) is 4.98 Å². The van der Waals surface area contributed by atoms with Crippen molar-refractivity contribution in [3.05, 3.63) is 46.3 Å². The van der Waals surface area contributed by atoms with E-state index >= 15 is 0 Å². The Bertz CT molecular complexity index is 491. The molecule has 1 saturated carbocycles. The highest BCUT2D eigenvalue weighted by atomic mass is 32.1. The Morgan fingerprint density at radius 1 is 1.28 bits per heavy atom. The molecular weight excluding hydrogens is 244 g/mol. The minimum absolute atomic E-state index is 0.0568. The number of nitrogens with zero attached hydrogens (tertiary/aromatic N) is 2. The summed E-state index contributed by atoms with van der Waals surface area (Å²) in [7, 11) is 0. The van der Waals surface area contributed by atoms with Crippen LogP contribution in [0.3, 0.4) is 0 Å². The Balaban J connectivity index is 1.80. The molecule has 1 fully saturated rings. The molecule has 3 nitrogen and oxygen atoms in total. The summed E-state index contributed by atoms with van der Waals surface area (Å²) in [4.78, 5) is 6.83. The van der Waals surface area contributed by atoms with Gasteiger partial charge in [0.25, 0.3) is 0 Å². The molecule has 2 heterocycles. The molecule has 4 heteroatoms. The van der Waals surface area contributed by atoms with E-state index in [-0.39, 0.29) is 6.61 Å². The second-order valence-electron chi connectivity index (χ2n) is 4.67. The average Bonchev–Trinajstić information content (AvgIpc) is 3.13. The predicted molar refractivity (Wildman–Crippen MR) is 73.7 cm³/mol. The molecule has 1 N–H and O–H groups in total. The van der Waals surface area contributed by atoms with Gasteiger partial charge in [0.1, 0.15) is 5.82 Å². The Morgan fingerprint density at radius 2 is 2.17 bits per heavy atom. The highest BCUT2D eigenvalue weighted by molar-refractivity contribution is 7.07. The third-order valence-corrected chi connectivity index (χ3v) is 3.94. The maximum Gasteiger partial charge on any atom is 0.129 e. The summed E-state index contributed by atoms with van der Waals surface area (Å²) >= 11 is 1.73. The first-order chi connectivity index (χ1) is 8.86. The molecule has 0 aliphatic heterocycles. The van der Waals surface area contributed by atoms with E-state index in [1.807, 2.05) is 12.1 Å². The zero-order valence-electron chi connectivity index (χ0n) is 10.1. The first-order valence-corrected chi connectivity index (χ1v) is 7.14. The Labute approximate surface area is 111 Å². The first kappa shape index (κ1) is 11.7. The van der Waals surface area contributed by atoms with Crippen molar-refractivity contribution in [3.8, 4) is 0 Å². The van der Waals surface area contributed by atoms with Gasteiger partial charge in [0, 0.05) is 18.8 Å². The molecule has 0 spiro atoms. The van der Waals surface area contributed by atoms with Gasteiger partial charge in [-0.05, 0) is 46.9 Å². The fraction of sp³-hybridized carbons (Fsp3) is 0.357. The smallest absolute Gasteiger partial charge is 0.129 e. The lowest BCUT2D eigenvalue weighted by atomic mass is 10.2. The van der Waals surface area contributed by atoms with Crippen LogP contribution in [0.4, 0.5) is 5.82 Å². The van der Waals surface area contributed by atoms with Crippen molar-refractivity contribution in [1.29, 1.82) is 0 Å². The monoisotopic (exact) mass is 260 g/mol. The molecule has 0 bridgehead atoms. The van der Waals surface area contributed by atoms with Crippen LogP contribution in [-0.4, -0.2) is 16.1 Å². The van der Waals surface area contributed by atoms with Gasteiger partial charge in [0.05, 0.1) is 6.61 Å². The highest BCUT2D eigenvalue weighted by Crippen LogP contribution is 2.32. The topological polar surface area (TPSA) is 36.4 Å². The third-order valence-electron chi connectivity index (χ3n) is 3.21. The minimum atomic E-state index is 0.0568. The molecule has 18 heavy (non-hydrogen) atoms. The van der Waals surface area contributed by atoms with Crippen LogP contribution in [0.1, 0.15) is 24.0 Å². The quantitative estimate of drug-likeness (QED) is 0.898. The van der Waals surface area contributed by atoms with Crippen molar-refractivity contribution in [2.45, 2.75) is 32.0 Å². The Morgan fingerprint density at radius 3 is 2.72 bits per heavy atom. The van der Waals surface area contributed by atoms with Crippen LogP contribution >= 0.6 is 11.3 Å². The zero-order valence-corrected chi connectivity index (χ0v) is 10.9. The second-order valence-corrected chi connectivity index (χ2v) is 5.45. The van der Waals surface area contributed by atoms with Crippen LogP contribution in [0.2, 0.25) is 0 Å². The largest absolute Gasteiger partial charge is 0.392 e. The van der Waals surface area contributed by atoms with Crippen LogP contribution in [-0.2, 0) is 13.2 Å². The SMILES string of the molecule is OCc1ccc(N(Cc2ccsc2)C2CC2)nc1. The molecule has 2 aromatic heterocycles. The van der Waals surface area contributed by atoms with E-state index in [2.05, 4.69) is 26.7 Å². The Hall–Kier alpha value is -1.39. The van der Waals surface area contributed by atoms with Gasteiger partial charge in [-0.15, -0.1) is 0 Å². The molecule has 94 valence electrons. The number of hydrogen-bond donors (Lipinski definition) is 1. The van der Waals surface area contributed by atoms with Crippen molar-refractivity contribution in [3.63, 3.8) is 0 Å². The normalized spacial score (nSPS) is 14.7. The molecule has 0 radical (unpaired) electrons. The molecule has 1 aliphatic carbocycles. The van der Waals surface area contributed by atoms with Gasteiger partial charge in [-0.1, -0.05) is 6.07 Å². The number of aliphatic hydroxyl groups excluding tert-OH is 1. The lowest BCUT2D eigenvalue weighted by molar-refractivity contribution is 0.281. The van der Waals surface area contributed by atoms with E-state index in [9.17, 15) is 0 Å². The number of aromatic nitrogens is 1. The van der Waals surface area contributed by atoms with Gasteiger partial charge in [-0.2, -0.15) is 11.3 Å².